The van der Waals surface area contributed by atoms with Crippen molar-refractivity contribution in [1.82, 2.24) is 14.7 Å². The molecule has 0 bridgehead atoms. The molecular weight excluding hydrogens is 458 g/mol. The number of piperazine rings is 1. The largest absolute Gasteiger partial charge is 0.290 e. The Morgan fingerprint density at radius 2 is 1.09 bits per heavy atom. The van der Waals surface area contributed by atoms with Crippen LogP contribution < -0.4 is 0 Å². The van der Waals surface area contributed by atoms with Crippen LogP contribution in [0.5, 0.6) is 0 Å². The van der Waals surface area contributed by atoms with Crippen molar-refractivity contribution in [3.05, 3.63) is 107 Å². The molecule has 3 aromatic rings. The van der Waals surface area contributed by atoms with E-state index < -0.39 is 0 Å². The van der Waals surface area contributed by atoms with Crippen LogP contribution in [0.25, 0.3) is 0 Å². The second kappa shape index (κ2) is 11.3. The minimum absolute atomic E-state index is 0. The van der Waals surface area contributed by atoms with Gasteiger partial charge < -0.3 is 0 Å². The summed E-state index contributed by atoms with van der Waals surface area (Å²) in [6, 6.07) is 28.5. The first-order valence-corrected chi connectivity index (χ1v) is 11.7. The van der Waals surface area contributed by atoms with Gasteiger partial charge in [0.05, 0.1) is 30.3 Å². The number of fused-ring (bicyclic) bond motifs is 1. The van der Waals surface area contributed by atoms with Gasteiger partial charge in [-0.3, -0.25) is 24.3 Å². The first-order chi connectivity index (χ1) is 16.7. The molecule has 2 amide bonds. The minimum Gasteiger partial charge on any atom is -0.290 e. The molecule has 0 radical (unpaired) electrons. The first-order valence-electron chi connectivity index (χ1n) is 11.7. The van der Waals surface area contributed by atoms with Crippen molar-refractivity contribution in [2.45, 2.75) is 6.04 Å². The molecule has 1 fully saturated rings. The summed E-state index contributed by atoms with van der Waals surface area (Å²) in [4.78, 5) is 31.0. The van der Waals surface area contributed by atoms with Gasteiger partial charge in [0.2, 0.25) is 0 Å². The summed E-state index contributed by atoms with van der Waals surface area (Å²) in [6.07, 6.45) is 0. The first kappa shape index (κ1) is 24.7. The van der Waals surface area contributed by atoms with Crippen LogP contribution in [0.15, 0.2) is 84.9 Å². The predicted molar refractivity (Wildman–Crippen MR) is 140 cm³/mol. The molecule has 35 heavy (non-hydrogen) atoms. The number of halogens is 1. The molecule has 3 aromatic carbocycles. The Labute approximate surface area is 212 Å². The van der Waals surface area contributed by atoms with Gasteiger partial charge >= 0.3 is 0 Å². The molecule has 0 aromatic heterocycles. The number of carbonyl (C=O) groups is 2. The van der Waals surface area contributed by atoms with Crippen molar-refractivity contribution in [2.75, 3.05) is 39.3 Å². The maximum atomic E-state index is 12.5. The van der Waals surface area contributed by atoms with E-state index in [1.165, 1.54) is 16.0 Å². The highest BCUT2D eigenvalue weighted by atomic mass is 35.5. The molecule has 2 aliphatic heterocycles. The minimum atomic E-state index is -0.253. The zero-order valence-electron chi connectivity index (χ0n) is 19.5. The quantitative estimate of drug-likeness (QED) is 0.403. The number of hydrogen-bond acceptors (Lipinski definition) is 4. The van der Waals surface area contributed by atoms with Crippen LogP contribution in [0.4, 0.5) is 0 Å². The summed E-state index contributed by atoms with van der Waals surface area (Å²) >= 11 is 0. The van der Waals surface area contributed by atoms with Crippen LogP contribution in [0.2, 0.25) is 0 Å². The molecule has 178 valence electrons. The van der Waals surface area contributed by atoms with Gasteiger partial charge in [0, 0.05) is 26.2 Å². The Morgan fingerprint density at radius 1 is 0.629 bits per heavy atom. The van der Waals surface area contributed by atoms with E-state index in [0.29, 0.717) is 17.7 Å². The average molecular weight is 486 g/mol. The van der Waals surface area contributed by atoms with Crippen LogP contribution in [-0.2, 0) is 0 Å². The van der Waals surface area contributed by atoms with Gasteiger partial charge in [0.25, 0.3) is 11.8 Å². The molecule has 2 aliphatic rings. The molecule has 5 nitrogen and oxygen atoms in total. The summed E-state index contributed by atoms with van der Waals surface area (Å²) in [7, 11) is 0. The highest BCUT2D eigenvalue weighted by Crippen LogP contribution is 2.29. The van der Waals surface area contributed by atoms with Gasteiger partial charge in [-0.15, -0.1) is 12.4 Å². The Bertz CT molecular complexity index is 1150. The molecule has 6 heteroatoms. The van der Waals surface area contributed by atoms with Crippen molar-refractivity contribution >= 4 is 24.2 Å². The number of imide groups is 1. The van der Waals surface area contributed by atoms with E-state index in [0.717, 1.165) is 26.2 Å². The van der Waals surface area contributed by atoms with Crippen LogP contribution in [0.1, 0.15) is 37.9 Å². The fourth-order valence-corrected chi connectivity index (χ4v) is 4.75. The number of rotatable bonds is 5. The van der Waals surface area contributed by atoms with E-state index in [4.69, 9.17) is 0 Å². The Balaban J connectivity index is 0.00000289. The molecule has 0 atom stereocenters. The number of nitrogens with zero attached hydrogens (tertiary/aromatic N) is 3. The van der Waals surface area contributed by atoms with Crippen molar-refractivity contribution in [3.63, 3.8) is 0 Å². The zero-order valence-corrected chi connectivity index (χ0v) is 20.3. The van der Waals surface area contributed by atoms with E-state index in [1.807, 2.05) is 0 Å². The van der Waals surface area contributed by atoms with Crippen LogP contribution >= 0.6 is 12.4 Å². The third kappa shape index (κ3) is 5.31. The SMILES string of the molecule is Cl.O=C1c2ccccc2C(=O)N1CC#CCN1CCN(C(c2ccccc2)c2ccccc2)CC1. The van der Waals surface area contributed by atoms with Crippen LogP contribution in [0, 0.1) is 11.8 Å². The third-order valence-electron chi connectivity index (χ3n) is 6.55. The number of carbonyl (C=O) groups excluding carboxylic acids is 2. The van der Waals surface area contributed by atoms with Crippen molar-refractivity contribution in [3.8, 4) is 11.8 Å². The Morgan fingerprint density at radius 3 is 1.60 bits per heavy atom. The molecule has 0 spiro atoms. The number of amides is 2. The topological polar surface area (TPSA) is 43.9 Å². The molecule has 5 rings (SSSR count). The van der Waals surface area contributed by atoms with Gasteiger partial charge in [-0.2, -0.15) is 0 Å². The monoisotopic (exact) mass is 485 g/mol. The third-order valence-corrected chi connectivity index (χ3v) is 6.55. The van der Waals surface area contributed by atoms with E-state index in [2.05, 4.69) is 82.3 Å². The second-order valence-corrected chi connectivity index (χ2v) is 8.63. The van der Waals surface area contributed by atoms with Crippen molar-refractivity contribution < 1.29 is 9.59 Å². The molecule has 0 saturated carbocycles. The standard InChI is InChI=1S/C29H27N3O2.ClH/c33-28-25-15-7-8-16-26(25)29(34)32(28)18-10-9-17-30-19-21-31(22-20-30)27(23-11-3-1-4-12-23)24-13-5-2-6-14-24;/h1-8,11-16,27H,17-22H2;1H. The molecule has 1 saturated heterocycles. The summed E-state index contributed by atoms with van der Waals surface area (Å²) in [6.45, 7) is 4.54. The summed E-state index contributed by atoms with van der Waals surface area (Å²) in [5.41, 5.74) is 3.55. The van der Waals surface area contributed by atoms with Gasteiger partial charge in [-0.05, 0) is 23.3 Å². The lowest BCUT2D eigenvalue weighted by Gasteiger charge is -2.39. The second-order valence-electron chi connectivity index (χ2n) is 8.63. The van der Waals surface area contributed by atoms with E-state index in [9.17, 15) is 9.59 Å². The normalized spacial score (nSPS) is 16.0. The highest BCUT2D eigenvalue weighted by Gasteiger charge is 2.34. The van der Waals surface area contributed by atoms with E-state index in [-0.39, 0.29) is 36.8 Å². The average Bonchev–Trinajstić information content (AvgIpc) is 3.14. The Hall–Kier alpha value is -3.43. The van der Waals surface area contributed by atoms with Crippen molar-refractivity contribution in [1.29, 1.82) is 0 Å². The lowest BCUT2D eigenvalue weighted by atomic mass is 9.96. The molecule has 0 unspecified atom stereocenters. The lowest BCUT2D eigenvalue weighted by molar-refractivity contribution is 0.0674. The molecular formula is C29H28ClN3O2. The van der Waals surface area contributed by atoms with Gasteiger partial charge in [0.15, 0.2) is 0 Å². The van der Waals surface area contributed by atoms with E-state index in [1.54, 1.807) is 24.3 Å². The van der Waals surface area contributed by atoms with Gasteiger partial charge in [0.1, 0.15) is 0 Å². The van der Waals surface area contributed by atoms with Gasteiger partial charge in [-0.25, -0.2) is 0 Å². The summed E-state index contributed by atoms with van der Waals surface area (Å²) in [5, 5.41) is 0. The number of hydrogen-bond donors (Lipinski definition) is 0. The predicted octanol–water partition coefficient (Wildman–Crippen LogP) is 4.12. The van der Waals surface area contributed by atoms with Crippen LogP contribution in [-0.4, -0.2) is 65.8 Å². The molecule has 0 N–H and O–H groups in total. The van der Waals surface area contributed by atoms with Crippen molar-refractivity contribution in [2.24, 2.45) is 0 Å². The fraction of sp³-hybridized carbons (Fsp3) is 0.241. The summed E-state index contributed by atoms with van der Waals surface area (Å²) < 4.78 is 0. The zero-order chi connectivity index (χ0) is 23.3. The fourth-order valence-electron chi connectivity index (χ4n) is 4.75. The van der Waals surface area contributed by atoms with E-state index >= 15 is 0 Å². The lowest BCUT2D eigenvalue weighted by Crippen LogP contribution is -2.47. The molecule has 0 aliphatic carbocycles. The number of benzene rings is 3. The summed E-state index contributed by atoms with van der Waals surface area (Å²) in [5.74, 6) is 5.70. The Kier molecular flexibility index (Phi) is 7.99. The maximum absolute atomic E-state index is 12.5. The van der Waals surface area contributed by atoms with Crippen LogP contribution in [0.3, 0.4) is 0 Å². The highest BCUT2D eigenvalue weighted by molar-refractivity contribution is 6.21. The maximum Gasteiger partial charge on any atom is 0.262 e. The van der Waals surface area contributed by atoms with Gasteiger partial charge in [-0.1, -0.05) is 84.6 Å². The molecule has 2 heterocycles. The smallest absolute Gasteiger partial charge is 0.262 e.